The number of nitrogens with one attached hydrogen (secondary N) is 1. The number of nitrogens with zero attached hydrogens (tertiary/aromatic N) is 2. The van der Waals surface area contributed by atoms with Gasteiger partial charge in [0.05, 0.1) is 10.6 Å². The zero-order valence-corrected chi connectivity index (χ0v) is 13.9. The maximum atomic E-state index is 13.7. The Hall–Kier alpha value is -3.03. The number of piperidine rings is 1. The largest absolute Gasteiger partial charge is 0.366 e. The second kappa shape index (κ2) is 7.47. The Labute approximate surface area is 148 Å². The maximum Gasteiger partial charge on any atom is 0.293 e. The standard InChI is InChI=1S/C18H17F2N3O3/c19-13-5-6-15(14(20)11-13)21-18(24)12-4-7-16(17(10-12)23(25)26)22-8-2-1-3-9-22/h4-7,10-11H,1-3,8-9H2,(H,21,24). The monoisotopic (exact) mass is 361 g/mol. The highest BCUT2D eigenvalue weighted by Gasteiger charge is 2.23. The lowest BCUT2D eigenvalue weighted by Crippen LogP contribution is -2.30. The van der Waals surface area contributed by atoms with E-state index in [4.69, 9.17) is 0 Å². The molecule has 1 N–H and O–H groups in total. The summed E-state index contributed by atoms with van der Waals surface area (Å²) in [4.78, 5) is 25.1. The molecule has 2 aromatic rings. The van der Waals surface area contributed by atoms with Gasteiger partial charge in [0.15, 0.2) is 0 Å². The van der Waals surface area contributed by atoms with Crippen molar-refractivity contribution in [1.82, 2.24) is 0 Å². The summed E-state index contributed by atoms with van der Waals surface area (Å²) in [6.07, 6.45) is 3.01. The van der Waals surface area contributed by atoms with Crippen molar-refractivity contribution < 1.29 is 18.5 Å². The van der Waals surface area contributed by atoms with Crippen LogP contribution in [0.25, 0.3) is 0 Å². The van der Waals surface area contributed by atoms with Crippen LogP contribution in [0.1, 0.15) is 29.6 Å². The van der Waals surface area contributed by atoms with Crippen LogP contribution in [0.3, 0.4) is 0 Å². The number of carbonyl (C=O) groups is 1. The second-order valence-electron chi connectivity index (χ2n) is 6.09. The molecule has 6 nitrogen and oxygen atoms in total. The van der Waals surface area contributed by atoms with Gasteiger partial charge in [0.25, 0.3) is 11.6 Å². The predicted molar refractivity (Wildman–Crippen MR) is 93.5 cm³/mol. The highest BCUT2D eigenvalue weighted by molar-refractivity contribution is 6.05. The molecule has 136 valence electrons. The van der Waals surface area contributed by atoms with Crippen molar-refractivity contribution in [3.05, 3.63) is 63.7 Å². The molecule has 1 saturated heterocycles. The number of hydrogen-bond acceptors (Lipinski definition) is 4. The summed E-state index contributed by atoms with van der Waals surface area (Å²) in [7, 11) is 0. The van der Waals surface area contributed by atoms with E-state index < -0.39 is 22.5 Å². The van der Waals surface area contributed by atoms with E-state index in [9.17, 15) is 23.7 Å². The average molecular weight is 361 g/mol. The highest BCUT2D eigenvalue weighted by atomic mass is 19.1. The first-order valence-corrected chi connectivity index (χ1v) is 8.25. The second-order valence-corrected chi connectivity index (χ2v) is 6.09. The van der Waals surface area contributed by atoms with Crippen LogP contribution in [0, 0.1) is 21.7 Å². The third-order valence-electron chi connectivity index (χ3n) is 4.31. The van der Waals surface area contributed by atoms with Gasteiger partial charge < -0.3 is 10.2 Å². The molecule has 1 heterocycles. The molecule has 8 heteroatoms. The van der Waals surface area contributed by atoms with Crippen LogP contribution in [-0.2, 0) is 0 Å². The Kier molecular flexibility index (Phi) is 5.11. The third-order valence-corrected chi connectivity index (χ3v) is 4.31. The van der Waals surface area contributed by atoms with E-state index >= 15 is 0 Å². The van der Waals surface area contributed by atoms with Gasteiger partial charge in [-0.1, -0.05) is 0 Å². The van der Waals surface area contributed by atoms with Crippen LogP contribution < -0.4 is 10.2 Å². The fourth-order valence-corrected chi connectivity index (χ4v) is 3.00. The number of hydrogen-bond donors (Lipinski definition) is 1. The van der Waals surface area contributed by atoms with Crippen LogP contribution >= 0.6 is 0 Å². The Bertz CT molecular complexity index is 852. The number of carbonyl (C=O) groups excluding carboxylic acids is 1. The number of halogens is 2. The van der Waals surface area contributed by atoms with Crippen molar-refractivity contribution in [2.45, 2.75) is 19.3 Å². The molecular weight excluding hydrogens is 344 g/mol. The van der Waals surface area contributed by atoms with E-state index in [1.54, 1.807) is 6.07 Å². The molecule has 26 heavy (non-hydrogen) atoms. The van der Waals surface area contributed by atoms with E-state index in [0.29, 0.717) is 11.8 Å². The van der Waals surface area contributed by atoms with Crippen molar-refractivity contribution in [2.75, 3.05) is 23.3 Å². The van der Waals surface area contributed by atoms with Crippen molar-refractivity contribution in [2.24, 2.45) is 0 Å². The Morgan fingerprint density at radius 3 is 2.46 bits per heavy atom. The van der Waals surface area contributed by atoms with Crippen LogP contribution in [-0.4, -0.2) is 23.9 Å². The van der Waals surface area contributed by atoms with Gasteiger partial charge in [0.1, 0.15) is 17.3 Å². The first-order valence-electron chi connectivity index (χ1n) is 8.25. The lowest BCUT2D eigenvalue weighted by atomic mass is 10.1. The predicted octanol–water partition coefficient (Wildman–Crippen LogP) is 4.12. The van der Waals surface area contributed by atoms with Gasteiger partial charge in [-0.15, -0.1) is 0 Å². The number of nitro benzene ring substituents is 1. The first kappa shape index (κ1) is 17.8. The Morgan fingerprint density at radius 1 is 1.08 bits per heavy atom. The van der Waals surface area contributed by atoms with E-state index in [-0.39, 0.29) is 16.9 Å². The van der Waals surface area contributed by atoms with Crippen LogP contribution in [0.4, 0.5) is 25.8 Å². The lowest BCUT2D eigenvalue weighted by Gasteiger charge is -2.28. The molecule has 1 fully saturated rings. The summed E-state index contributed by atoms with van der Waals surface area (Å²) in [6.45, 7) is 1.46. The molecule has 0 spiro atoms. The quantitative estimate of drug-likeness (QED) is 0.657. The lowest BCUT2D eigenvalue weighted by molar-refractivity contribution is -0.384. The zero-order chi connectivity index (χ0) is 18.7. The van der Waals surface area contributed by atoms with Crippen LogP contribution in [0.5, 0.6) is 0 Å². The average Bonchev–Trinajstić information content (AvgIpc) is 2.64. The molecule has 1 amide bonds. The topological polar surface area (TPSA) is 75.5 Å². The van der Waals surface area contributed by atoms with Gasteiger partial charge in [-0.25, -0.2) is 8.78 Å². The highest BCUT2D eigenvalue weighted by Crippen LogP contribution is 2.31. The molecule has 2 aromatic carbocycles. The molecule has 0 aromatic heterocycles. The minimum absolute atomic E-state index is 0.0289. The minimum atomic E-state index is -0.919. The van der Waals surface area contributed by atoms with Crippen molar-refractivity contribution in [1.29, 1.82) is 0 Å². The molecule has 0 bridgehead atoms. The fourth-order valence-electron chi connectivity index (χ4n) is 3.00. The molecular formula is C18H17F2N3O3. The van der Waals surface area contributed by atoms with Gasteiger partial charge in [-0.2, -0.15) is 0 Å². The molecule has 3 rings (SSSR count). The SMILES string of the molecule is O=C(Nc1ccc(F)cc1F)c1ccc(N2CCCCC2)c([N+](=O)[O-])c1. The van der Waals surface area contributed by atoms with Gasteiger partial charge >= 0.3 is 0 Å². The summed E-state index contributed by atoms with van der Waals surface area (Å²) >= 11 is 0. The number of rotatable bonds is 4. The summed E-state index contributed by atoms with van der Waals surface area (Å²) < 4.78 is 26.6. The normalized spacial score (nSPS) is 14.2. The third kappa shape index (κ3) is 3.79. The first-order chi connectivity index (χ1) is 12.5. The van der Waals surface area contributed by atoms with Gasteiger partial charge in [-0.3, -0.25) is 14.9 Å². The molecule has 1 aliphatic heterocycles. The van der Waals surface area contributed by atoms with Crippen LogP contribution in [0.2, 0.25) is 0 Å². The molecule has 0 atom stereocenters. The van der Waals surface area contributed by atoms with E-state index in [0.717, 1.165) is 44.5 Å². The summed E-state index contributed by atoms with van der Waals surface area (Å²) in [5.41, 5.74) is 0.138. The molecule has 0 radical (unpaired) electrons. The molecule has 0 saturated carbocycles. The van der Waals surface area contributed by atoms with Crippen molar-refractivity contribution in [3.8, 4) is 0 Å². The Balaban J connectivity index is 1.86. The number of benzene rings is 2. The summed E-state index contributed by atoms with van der Waals surface area (Å²) in [6, 6.07) is 6.95. The molecule has 0 aliphatic carbocycles. The van der Waals surface area contributed by atoms with Gasteiger partial charge in [0, 0.05) is 30.8 Å². The Morgan fingerprint density at radius 2 is 1.81 bits per heavy atom. The van der Waals surface area contributed by atoms with Crippen molar-refractivity contribution >= 4 is 23.0 Å². The maximum absolute atomic E-state index is 13.7. The number of amides is 1. The van der Waals surface area contributed by atoms with E-state index in [2.05, 4.69) is 5.32 Å². The van der Waals surface area contributed by atoms with E-state index in [1.165, 1.54) is 12.1 Å². The minimum Gasteiger partial charge on any atom is -0.366 e. The number of nitro groups is 1. The summed E-state index contributed by atoms with van der Waals surface area (Å²) in [5, 5.41) is 13.7. The fraction of sp³-hybridized carbons (Fsp3) is 0.278. The van der Waals surface area contributed by atoms with Gasteiger partial charge in [-0.05, 0) is 43.5 Å². The van der Waals surface area contributed by atoms with Crippen molar-refractivity contribution in [3.63, 3.8) is 0 Å². The zero-order valence-electron chi connectivity index (χ0n) is 13.9. The van der Waals surface area contributed by atoms with Gasteiger partial charge in [0.2, 0.25) is 0 Å². The van der Waals surface area contributed by atoms with Crippen LogP contribution in [0.15, 0.2) is 36.4 Å². The number of anilines is 2. The van der Waals surface area contributed by atoms with E-state index in [1.807, 2.05) is 4.90 Å². The summed E-state index contributed by atoms with van der Waals surface area (Å²) in [5.74, 6) is -2.39. The smallest absolute Gasteiger partial charge is 0.293 e. The molecule has 1 aliphatic rings. The molecule has 0 unspecified atom stereocenters.